The average molecular weight is 204 g/mol. The molecule has 1 heterocycles. The highest BCUT2D eigenvalue weighted by Crippen LogP contribution is 2.38. The summed E-state index contributed by atoms with van der Waals surface area (Å²) >= 11 is 0. The third-order valence-electron chi connectivity index (χ3n) is 4.24. The van der Waals surface area contributed by atoms with Crippen LogP contribution in [0.5, 0.6) is 0 Å². The van der Waals surface area contributed by atoms with Gasteiger partial charge in [0.25, 0.3) is 0 Å². The molecule has 82 valence electrons. The maximum atomic E-state index is 6.34. The van der Waals surface area contributed by atoms with Crippen LogP contribution in [0, 0.1) is 5.92 Å². The maximum absolute atomic E-state index is 6.34. The lowest BCUT2D eigenvalue weighted by atomic mass is 9.76. The minimum absolute atomic E-state index is 0.538. The smallest absolute Gasteiger partial charge is 0.0585 e. The number of nitrogens with two attached hydrogens (primary N) is 1. The van der Waals surface area contributed by atoms with Crippen molar-refractivity contribution in [3.05, 3.63) is 11.3 Å². The van der Waals surface area contributed by atoms with Crippen LogP contribution in [0.3, 0.4) is 0 Å². The van der Waals surface area contributed by atoms with E-state index in [1.54, 1.807) is 0 Å². The van der Waals surface area contributed by atoms with E-state index in [2.05, 4.69) is 0 Å². The first-order valence-corrected chi connectivity index (χ1v) is 6.42. The van der Waals surface area contributed by atoms with Crippen LogP contribution in [-0.2, 0) is 0 Å². The van der Waals surface area contributed by atoms with Gasteiger partial charge in [-0.05, 0) is 44.1 Å². The van der Waals surface area contributed by atoms with Crippen molar-refractivity contribution in [2.75, 3.05) is 0 Å². The summed E-state index contributed by atoms with van der Waals surface area (Å²) in [5.41, 5.74) is 10.4. The van der Waals surface area contributed by atoms with Crippen LogP contribution in [0.15, 0.2) is 16.3 Å². The van der Waals surface area contributed by atoms with Crippen LogP contribution in [-0.4, -0.2) is 11.8 Å². The molecule has 0 aromatic carbocycles. The Balaban J connectivity index is 1.95. The molecule has 0 saturated heterocycles. The number of aliphatic imine (C=N–C) groups is 1. The fourth-order valence-electron chi connectivity index (χ4n) is 3.40. The molecule has 0 bridgehead atoms. The summed E-state index contributed by atoms with van der Waals surface area (Å²) in [5.74, 6) is 0.593. The first kappa shape index (κ1) is 9.44. The molecule has 2 nitrogen and oxygen atoms in total. The Labute approximate surface area is 91.6 Å². The molecule has 3 aliphatic rings. The van der Waals surface area contributed by atoms with Gasteiger partial charge in [-0.3, -0.25) is 4.99 Å². The van der Waals surface area contributed by atoms with Crippen molar-refractivity contribution in [2.45, 2.75) is 57.4 Å². The first-order chi connectivity index (χ1) is 7.36. The zero-order chi connectivity index (χ0) is 10.3. The lowest BCUT2D eigenvalue weighted by Gasteiger charge is -2.36. The number of dihydropyridines is 1. The van der Waals surface area contributed by atoms with Gasteiger partial charge in [-0.25, -0.2) is 0 Å². The molecule has 1 aliphatic heterocycles. The Bertz CT molecular complexity index is 327. The fraction of sp³-hybridized carbons (Fsp3) is 0.769. The fourth-order valence-corrected chi connectivity index (χ4v) is 3.40. The largest absolute Gasteiger partial charge is 0.401 e. The highest BCUT2D eigenvalue weighted by atomic mass is 14.9. The van der Waals surface area contributed by atoms with E-state index in [0.717, 1.165) is 0 Å². The Kier molecular flexibility index (Phi) is 2.30. The molecule has 0 aromatic heterocycles. The van der Waals surface area contributed by atoms with Gasteiger partial charge in [-0.1, -0.05) is 12.8 Å². The van der Waals surface area contributed by atoms with E-state index in [-0.39, 0.29) is 0 Å². The molecule has 2 N–H and O–H groups in total. The normalized spacial score (nSPS) is 35.6. The molecule has 15 heavy (non-hydrogen) atoms. The number of fused-ring (bicyclic) bond motifs is 2. The predicted octanol–water partition coefficient (Wildman–Crippen LogP) is 2.79. The summed E-state index contributed by atoms with van der Waals surface area (Å²) in [7, 11) is 0. The summed E-state index contributed by atoms with van der Waals surface area (Å²) in [4.78, 5) is 4.96. The highest BCUT2D eigenvalue weighted by Gasteiger charge is 2.33. The van der Waals surface area contributed by atoms with E-state index in [1.165, 1.54) is 68.3 Å². The number of nitrogens with zero attached hydrogens (tertiary/aromatic N) is 1. The summed E-state index contributed by atoms with van der Waals surface area (Å²) in [6.45, 7) is 0. The quantitative estimate of drug-likeness (QED) is 0.647. The summed E-state index contributed by atoms with van der Waals surface area (Å²) in [6.07, 6.45) is 10.2. The topological polar surface area (TPSA) is 38.4 Å². The minimum Gasteiger partial charge on any atom is -0.401 e. The van der Waals surface area contributed by atoms with Gasteiger partial charge in [-0.2, -0.15) is 0 Å². The molecule has 2 heteroatoms. The van der Waals surface area contributed by atoms with Gasteiger partial charge in [-0.15, -0.1) is 0 Å². The second kappa shape index (κ2) is 3.66. The minimum atomic E-state index is 0.538. The van der Waals surface area contributed by atoms with Crippen molar-refractivity contribution >= 4 is 5.71 Å². The van der Waals surface area contributed by atoms with E-state index in [1.807, 2.05) is 0 Å². The number of hydrogen-bond acceptors (Lipinski definition) is 2. The summed E-state index contributed by atoms with van der Waals surface area (Å²) < 4.78 is 0. The van der Waals surface area contributed by atoms with E-state index in [0.29, 0.717) is 12.0 Å². The van der Waals surface area contributed by atoms with Gasteiger partial charge >= 0.3 is 0 Å². The molecule has 0 unspecified atom stereocenters. The number of hydrogen-bond donors (Lipinski definition) is 1. The van der Waals surface area contributed by atoms with Crippen LogP contribution in [0.4, 0.5) is 0 Å². The molecule has 2 aliphatic carbocycles. The SMILES string of the molecule is NC1=C2CCCCC2=N[C@H]2CCCC[C@H]12. The van der Waals surface area contributed by atoms with Crippen molar-refractivity contribution in [3.63, 3.8) is 0 Å². The lowest BCUT2D eigenvalue weighted by Crippen LogP contribution is -2.35. The first-order valence-electron chi connectivity index (χ1n) is 6.42. The summed E-state index contributed by atoms with van der Waals surface area (Å²) in [6, 6.07) is 0.538. The van der Waals surface area contributed by atoms with Gasteiger partial charge in [0, 0.05) is 17.3 Å². The molecule has 2 saturated carbocycles. The summed E-state index contributed by atoms with van der Waals surface area (Å²) in [5, 5.41) is 0. The third kappa shape index (κ3) is 1.51. The number of rotatable bonds is 0. The van der Waals surface area contributed by atoms with Crippen LogP contribution in [0.1, 0.15) is 51.4 Å². The Morgan fingerprint density at radius 3 is 2.73 bits per heavy atom. The third-order valence-corrected chi connectivity index (χ3v) is 4.24. The second-order valence-electron chi connectivity index (χ2n) is 5.18. The maximum Gasteiger partial charge on any atom is 0.0585 e. The van der Waals surface area contributed by atoms with Crippen LogP contribution in [0.2, 0.25) is 0 Å². The molecule has 2 fully saturated rings. The zero-order valence-electron chi connectivity index (χ0n) is 9.34. The molecule has 0 amide bonds. The molecular weight excluding hydrogens is 184 g/mol. The van der Waals surface area contributed by atoms with Gasteiger partial charge < -0.3 is 5.73 Å². The average Bonchev–Trinajstić information content (AvgIpc) is 2.30. The Morgan fingerprint density at radius 1 is 1.00 bits per heavy atom. The van der Waals surface area contributed by atoms with Gasteiger partial charge in [0.05, 0.1) is 6.04 Å². The monoisotopic (exact) mass is 204 g/mol. The standard InChI is InChI=1S/C13H20N2/c14-13-9-5-1-3-7-11(9)15-12-8-4-2-6-10(12)13/h9,11H,1-8,14H2/t9-,11-/m0/s1. The molecular formula is C13H20N2. The van der Waals surface area contributed by atoms with Crippen molar-refractivity contribution in [1.29, 1.82) is 0 Å². The van der Waals surface area contributed by atoms with E-state index >= 15 is 0 Å². The lowest BCUT2D eigenvalue weighted by molar-refractivity contribution is 0.339. The molecule has 0 aromatic rings. The molecule has 2 atom stereocenters. The Hall–Kier alpha value is -0.790. The van der Waals surface area contributed by atoms with Gasteiger partial charge in [0.1, 0.15) is 0 Å². The zero-order valence-corrected chi connectivity index (χ0v) is 9.34. The van der Waals surface area contributed by atoms with Crippen molar-refractivity contribution in [2.24, 2.45) is 16.6 Å². The molecule has 0 radical (unpaired) electrons. The Morgan fingerprint density at radius 2 is 1.80 bits per heavy atom. The molecule has 3 rings (SSSR count). The second-order valence-corrected chi connectivity index (χ2v) is 5.18. The van der Waals surface area contributed by atoms with E-state index in [4.69, 9.17) is 10.7 Å². The van der Waals surface area contributed by atoms with Crippen LogP contribution in [0.25, 0.3) is 0 Å². The molecule has 0 spiro atoms. The van der Waals surface area contributed by atoms with Gasteiger partial charge in [0.2, 0.25) is 0 Å². The van der Waals surface area contributed by atoms with Crippen molar-refractivity contribution < 1.29 is 0 Å². The van der Waals surface area contributed by atoms with Gasteiger partial charge in [0.15, 0.2) is 0 Å². The van der Waals surface area contributed by atoms with Crippen LogP contribution < -0.4 is 5.73 Å². The van der Waals surface area contributed by atoms with Crippen LogP contribution >= 0.6 is 0 Å². The van der Waals surface area contributed by atoms with Crippen molar-refractivity contribution in [3.8, 4) is 0 Å². The highest BCUT2D eigenvalue weighted by molar-refractivity contribution is 6.02. The predicted molar refractivity (Wildman–Crippen MR) is 62.9 cm³/mol. The van der Waals surface area contributed by atoms with Crippen molar-refractivity contribution in [1.82, 2.24) is 0 Å². The number of allylic oxidation sites excluding steroid dienone is 1. The van der Waals surface area contributed by atoms with E-state index < -0.39 is 0 Å². The van der Waals surface area contributed by atoms with E-state index in [9.17, 15) is 0 Å².